The molecule has 0 bridgehead atoms. The van der Waals surface area contributed by atoms with E-state index in [9.17, 15) is 0 Å². The van der Waals surface area contributed by atoms with Gasteiger partial charge in [-0.05, 0) is 38.3 Å². The standard InChI is InChI=1S/C13H21N3/c1-2-6-13(5-1)16-9-7-12(15-16)10-11-4-3-8-14-11/h7,9,11,13-14H,1-6,8,10H2. The molecular weight excluding hydrogens is 198 g/mol. The van der Waals surface area contributed by atoms with Gasteiger partial charge >= 0.3 is 0 Å². The summed E-state index contributed by atoms with van der Waals surface area (Å²) in [6, 6.07) is 3.57. The maximum Gasteiger partial charge on any atom is 0.0640 e. The number of hydrogen-bond donors (Lipinski definition) is 1. The molecule has 0 aromatic carbocycles. The van der Waals surface area contributed by atoms with Crippen LogP contribution in [0.1, 0.15) is 50.3 Å². The van der Waals surface area contributed by atoms with Crippen LogP contribution in [0.5, 0.6) is 0 Å². The van der Waals surface area contributed by atoms with Crippen molar-refractivity contribution in [1.29, 1.82) is 0 Å². The van der Waals surface area contributed by atoms with Gasteiger partial charge in [0.25, 0.3) is 0 Å². The predicted octanol–water partition coefficient (Wildman–Crippen LogP) is 2.29. The Labute approximate surface area is 97.2 Å². The molecule has 2 aliphatic rings. The maximum atomic E-state index is 4.73. The first-order valence-corrected chi connectivity index (χ1v) is 6.69. The van der Waals surface area contributed by atoms with Gasteiger partial charge in [0.1, 0.15) is 0 Å². The van der Waals surface area contributed by atoms with Crippen molar-refractivity contribution in [2.45, 2.75) is 57.0 Å². The van der Waals surface area contributed by atoms with Gasteiger partial charge in [0.2, 0.25) is 0 Å². The van der Waals surface area contributed by atoms with Crippen LogP contribution in [0.3, 0.4) is 0 Å². The summed E-state index contributed by atoms with van der Waals surface area (Å²) in [5.41, 5.74) is 1.27. The van der Waals surface area contributed by atoms with Gasteiger partial charge in [-0.3, -0.25) is 4.68 Å². The van der Waals surface area contributed by atoms with Crippen LogP contribution in [0.25, 0.3) is 0 Å². The van der Waals surface area contributed by atoms with Gasteiger partial charge in [0, 0.05) is 18.7 Å². The first-order chi connectivity index (χ1) is 7.92. The van der Waals surface area contributed by atoms with E-state index in [1.807, 2.05) is 0 Å². The number of rotatable bonds is 3. The van der Waals surface area contributed by atoms with Crippen LogP contribution in [-0.4, -0.2) is 22.4 Å². The second-order valence-corrected chi connectivity index (χ2v) is 5.22. The first kappa shape index (κ1) is 10.3. The zero-order valence-electron chi connectivity index (χ0n) is 9.86. The molecular formula is C13H21N3. The van der Waals surface area contributed by atoms with E-state index in [1.165, 1.54) is 50.8 Å². The van der Waals surface area contributed by atoms with Gasteiger partial charge < -0.3 is 5.32 Å². The fraction of sp³-hybridized carbons (Fsp3) is 0.769. The molecule has 2 fully saturated rings. The van der Waals surface area contributed by atoms with Crippen LogP contribution in [-0.2, 0) is 6.42 Å². The summed E-state index contributed by atoms with van der Waals surface area (Å²) in [5, 5.41) is 8.27. The SMILES string of the molecule is c1cn(C2CCCC2)nc1CC1CCCN1. The van der Waals surface area contributed by atoms with E-state index in [-0.39, 0.29) is 0 Å². The highest BCUT2D eigenvalue weighted by atomic mass is 15.3. The Morgan fingerprint density at radius 3 is 2.88 bits per heavy atom. The van der Waals surface area contributed by atoms with Crippen LogP contribution in [0.4, 0.5) is 0 Å². The highest BCUT2D eigenvalue weighted by Crippen LogP contribution is 2.28. The minimum absolute atomic E-state index is 0.673. The molecule has 1 saturated heterocycles. The molecule has 1 aromatic rings. The average molecular weight is 219 g/mol. The van der Waals surface area contributed by atoms with Crippen LogP contribution in [0.15, 0.2) is 12.3 Å². The molecule has 1 atom stereocenters. The molecule has 2 heterocycles. The van der Waals surface area contributed by atoms with Gasteiger partial charge in [0.15, 0.2) is 0 Å². The van der Waals surface area contributed by atoms with Gasteiger partial charge in [-0.2, -0.15) is 5.10 Å². The lowest BCUT2D eigenvalue weighted by Gasteiger charge is -2.10. The smallest absolute Gasteiger partial charge is 0.0640 e. The maximum absolute atomic E-state index is 4.73. The Balaban J connectivity index is 1.62. The Bertz CT molecular complexity index is 333. The van der Waals surface area contributed by atoms with Crippen LogP contribution >= 0.6 is 0 Å². The van der Waals surface area contributed by atoms with Crippen molar-refractivity contribution in [1.82, 2.24) is 15.1 Å². The lowest BCUT2D eigenvalue weighted by molar-refractivity contribution is 0.459. The first-order valence-electron chi connectivity index (χ1n) is 6.69. The summed E-state index contributed by atoms with van der Waals surface area (Å²) in [6.07, 6.45) is 11.3. The van der Waals surface area contributed by atoms with E-state index in [1.54, 1.807) is 0 Å². The van der Waals surface area contributed by atoms with Crippen LogP contribution < -0.4 is 5.32 Å². The van der Waals surface area contributed by atoms with Gasteiger partial charge in [-0.25, -0.2) is 0 Å². The van der Waals surface area contributed by atoms with Crippen LogP contribution in [0.2, 0.25) is 0 Å². The monoisotopic (exact) mass is 219 g/mol. The minimum atomic E-state index is 0.673. The van der Waals surface area contributed by atoms with Gasteiger partial charge in [0.05, 0.1) is 11.7 Å². The van der Waals surface area contributed by atoms with Crippen molar-refractivity contribution >= 4 is 0 Å². The van der Waals surface area contributed by atoms with Crippen molar-refractivity contribution in [3.05, 3.63) is 18.0 Å². The summed E-state index contributed by atoms with van der Waals surface area (Å²) in [4.78, 5) is 0. The third-order valence-corrected chi connectivity index (χ3v) is 3.98. The Morgan fingerprint density at radius 1 is 1.25 bits per heavy atom. The van der Waals surface area contributed by atoms with Gasteiger partial charge in [-0.1, -0.05) is 12.8 Å². The summed E-state index contributed by atoms with van der Waals surface area (Å²) in [6.45, 7) is 1.19. The number of nitrogens with zero attached hydrogens (tertiary/aromatic N) is 2. The van der Waals surface area contributed by atoms with Gasteiger partial charge in [-0.15, -0.1) is 0 Å². The Hall–Kier alpha value is -0.830. The molecule has 1 N–H and O–H groups in total. The molecule has 1 aromatic heterocycles. The van der Waals surface area contributed by atoms with E-state index in [4.69, 9.17) is 5.10 Å². The number of hydrogen-bond acceptors (Lipinski definition) is 2. The molecule has 1 unspecified atom stereocenters. The molecule has 1 aliphatic carbocycles. The summed E-state index contributed by atoms with van der Waals surface area (Å²) in [5.74, 6) is 0. The fourth-order valence-electron chi connectivity index (χ4n) is 3.04. The quantitative estimate of drug-likeness (QED) is 0.845. The highest BCUT2D eigenvalue weighted by molar-refractivity contribution is 5.03. The second kappa shape index (κ2) is 4.58. The van der Waals surface area contributed by atoms with Crippen molar-refractivity contribution in [2.24, 2.45) is 0 Å². The third kappa shape index (κ3) is 2.14. The highest BCUT2D eigenvalue weighted by Gasteiger charge is 2.19. The molecule has 1 saturated carbocycles. The van der Waals surface area contributed by atoms with E-state index in [2.05, 4.69) is 22.3 Å². The Morgan fingerprint density at radius 2 is 2.12 bits per heavy atom. The summed E-state index contributed by atoms with van der Waals surface area (Å²) in [7, 11) is 0. The van der Waals surface area contributed by atoms with E-state index >= 15 is 0 Å². The van der Waals surface area contributed by atoms with Crippen molar-refractivity contribution in [2.75, 3.05) is 6.54 Å². The second-order valence-electron chi connectivity index (χ2n) is 5.22. The third-order valence-electron chi connectivity index (χ3n) is 3.98. The topological polar surface area (TPSA) is 29.9 Å². The Kier molecular flexibility index (Phi) is 2.96. The molecule has 1 aliphatic heterocycles. The molecule has 3 rings (SSSR count). The van der Waals surface area contributed by atoms with E-state index < -0.39 is 0 Å². The largest absolute Gasteiger partial charge is 0.314 e. The summed E-state index contributed by atoms with van der Waals surface area (Å²) >= 11 is 0. The van der Waals surface area contributed by atoms with E-state index in [0.29, 0.717) is 12.1 Å². The fourth-order valence-corrected chi connectivity index (χ4v) is 3.04. The van der Waals surface area contributed by atoms with Crippen molar-refractivity contribution < 1.29 is 0 Å². The number of aromatic nitrogens is 2. The van der Waals surface area contributed by atoms with Crippen molar-refractivity contribution in [3.8, 4) is 0 Å². The predicted molar refractivity (Wildman–Crippen MR) is 64.5 cm³/mol. The van der Waals surface area contributed by atoms with Crippen molar-refractivity contribution in [3.63, 3.8) is 0 Å². The van der Waals surface area contributed by atoms with E-state index in [0.717, 1.165) is 6.42 Å². The summed E-state index contributed by atoms with van der Waals surface area (Å²) < 4.78 is 2.21. The molecule has 0 radical (unpaired) electrons. The molecule has 88 valence electrons. The normalized spacial score (nSPS) is 26.6. The molecule has 0 amide bonds. The minimum Gasteiger partial charge on any atom is -0.314 e. The lowest BCUT2D eigenvalue weighted by Crippen LogP contribution is -2.23. The van der Waals surface area contributed by atoms with Crippen LogP contribution in [0, 0.1) is 0 Å². The zero-order valence-corrected chi connectivity index (χ0v) is 9.86. The molecule has 16 heavy (non-hydrogen) atoms. The average Bonchev–Trinajstić information content (AvgIpc) is 2.99. The molecule has 3 heteroatoms. The molecule has 3 nitrogen and oxygen atoms in total. The zero-order chi connectivity index (χ0) is 10.8. The lowest BCUT2D eigenvalue weighted by atomic mass is 10.1. The molecule has 0 spiro atoms. The number of nitrogens with one attached hydrogen (secondary N) is 1.